The molecule has 0 aliphatic heterocycles. The van der Waals surface area contributed by atoms with Gasteiger partial charge in [-0.3, -0.25) is 0 Å². The van der Waals surface area contributed by atoms with Crippen molar-refractivity contribution in [3.8, 4) is 0 Å². The van der Waals surface area contributed by atoms with Crippen LogP contribution in [-0.4, -0.2) is 24.4 Å². The summed E-state index contributed by atoms with van der Waals surface area (Å²) in [4.78, 5) is 9.25. The SMILES string of the molecule is CCCc1ccc(S(=O)(=O)NC2CC=C(c3ncnc4c3C=C(C)C4)CC2)cc1. The standard InChI is InChI=1S/C23H27N3O2S/c1-3-4-17-5-11-20(12-6-17)29(27,28)26-19-9-7-18(8-10-19)23-21-13-16(2)14-22(21)24-15-25-23/h5-7,11-13,15,19,26H,3-4,8-10,14H2,1-2H3. The third kappa shape index (κ3) is 4.33. The van der Waals surface area contributed by atoms with Crippen LogP contribution in [0, 0.1) is 0 Å². The lowest BCUT2D eigenvalue weighted by molar-refractivity contribution is 0.525. The van der Waals surface area contributed by atoms with Gasteiger partial charge in [0.05, 0.1) is 16.3 Å². The van der Waals surface area contributed by atoms with Gasteiger partial charge in [-0.25, -0.2) is 23.1 Å². The monoisotopic (exact) mass is 409 g/mol. The number of aromatic nitrogens is 2. The molecular weight excluding hydrogens is 382 g/mol. The van der Waals surface area contributed by atoms with Crippen molar-refractivity contribution in [1.29, 1.82) is 0 Å². The van der Waals surface area contributed by atoms with E-state index in [0.717, 1.165) is 49.1 Å². The van der Waals surface area contributed by atoms with Crippen molar-refractivity contribution in [2.75, 3.05) is 0 Å². The molecule has 6 heteroatoms. The van der Waals surface area contributed by atoms with E-state index in [1.54, 1.807) is 18.5 Å². The van der Waals surface area contributed by atoms with Gasteiger partial charge in [-0.1, -0.05) is 43.2 Å². The molecule has 152 valence electrons. The van der Waals surface area contributed by atoms with Gasteiger partial charge in [-0.2, -0.15) is 0 Å². The molecule has 1 N–H and O–H groups in total. The molecule has 1 aromatic carbocycles. The molecule has 4 rings (SSSR count). The van der Waals surface area contributed by atoms with E-state index in [4.69, 9.17) is 0 Å². The fraction of sp³-hybridized carbons (Fsp3) is 0.391. The van der Waals surface area contributed by atoms with Gasteiger partial charge in [0.15, 0.2) is 0 Å². The molecule has 0 bridgehead atoms. The Morgan fingerprint density at radius 3 is 2.66 bits per heavy atom. The van der Waals surface area contributed by atoms with Gasteiger partial charge in [0.25, 0.3) is 0 Å². The third-order valence-electron chi connectivity index (χ3n) is 5.61. The van der Waals surface area contributed by atoms with E-state index in [-0.39, 0.29) is 6.04 Å². The van der Waals surface area contributed by atoms with Crippen molar-refractivity contribution in [2.45, 2.75) is 63.3 Å². The van der Waals surface area contributed by atoms with E-state index in [9.17, 15) is 8.42 Å². The van der Waals surface area contributed by atoms with Crippen LogP contribution in [0.2, 0.25) is 0 Å². The van der Waals surface area contributed by atoms with E-state index < -0.39 is 10.0 Å². The van der Waals surface area contributed by atoms with Crippen molar-refractivity contribution in [2.24, 2.45) is 0 Å². The number of rotatable bonds is 6. The number of benzene rings is 1. The fourth-order valence-corrected chi connectivity index (χ4v) is 5.39. The van der Waals surface area contributed by atoms with E-state index in [2.05, 4.69) is 40.7 Å². The van der Waals surface area contributed by atoms with Gasteiger partial charge < -0.3 is 0 Å². The van der Waals surface area contributed by atoms with Crippen LogP contribution in [-0.2, 0) is 22.9 Å². The van der Waals surface area contributed by atoms with Gasteiger partial charge >= 0.3 is 0 Å². The zero-order chi connectivity index (χ0) is 20.4. The third-order valence-corrected chi connectivity index (χ3v) is 7.15. The minimum atomic E-state index is -3.50. The van der Waals surface area contributed by atoms with Crippen LogP contribution in [0.4, 0.5) is 0 Å². The predicted molar refractivity (Wildman–Crippen MR) is 116 cm³/mol. The van der Waals surface area contributed by atoms with Crippen LogP contribution in [0.1, 0.15) is 62.0 Å². The average Bonchev–Trinajstić information content (AvgIpc) is 3.09. The Hall–Kier alpha value is -2.31. The molecule has 1 unspecified atom stereocenters. The summed E-state index contributed by atoms with van der Waals surface area (Å²) in [5.41, 5.74) is 6.87. The summed E-state index contributed by atoms with van der Waals surface area (Å²) in [5.74, 6) is 0. The number of allylic oxidation sites excluding steroid dienone is 2. The molecule has 0 amide bonds. The summed E-state index contributed by atoms with van der Waals surface area (Å²) in [6.45, 7) is 4.23. The number of hydrogen-bond acceptors (Lipinski definition) is 4. The first kappa shape index (κ1) is 20.0. The van der Waals surface area contributed by atoms with Crippen LogP contribution >= 0.6 is 0 Å². The molecule has 1 aromatic heterocycles. The van der Waals surface area contributed by atoms with Crippen molar-refractivity contribution in [1.82, 2.24) is 14.7 Å². The zero-order valence-corrected chi connectivity index (χ0v) is 17.8. The number of fused-ring (bicyclic) bond motifs is 1. The van der Waals surface area contributed by atoms with Crippen molar-refractivity contribution in [3.05, 3.63) is 64.8 Å². The molecule has 2 aliphatic rings. The zero-order valence-electron chi connectivity index (χ0n) is 17.0. The predicted octanol–water partition coefficient (Wildman–Crippen LogP) is 4.30. The van der Waals surface area contributed by atoms with Crippen LogP contribution < -0.4 is 4.72 Å². The van der Waals surface area contributed by atoms with Crippen molar-refractivity contribution >= 4 is 21.7 Å². The first-order valence-corrected chi connectivity index (χ1v) is 11.8. The quantitative estimate of drug-likeness (QED) is 0.772. The highest BCUT2D eigenvalue weighted by Gasteiger charge is 2.25. The second kappa shape index (κ2) is 8.20. The maximum atomic E-state index is 12.8. The summed E-state index contributed by atoms with van der Waals surface area (Å²) >= 11 is 0. The van der Waals surface area contributed by atoms with Crippen LogP contribution in [0.3, 0.4) is 0 Å². The van der Waals surface area contributed by atoms with Crippen LogP contribution in [0.25, 0.3) is 11.6 Å². The summed E-state index contributed by atoms with van der Waals surface area (Å²) < 4.78 is 28.4. The first-order chi connectivity index (χ1) is 14.0. The minimum absolute atomic E-state index is 0.0915. The highest BCUT2D eigenvalue weighted by molar-refractivity contribution is 7.89. The van der Waals surface area contributed by atoms with E-state index >= 15 is 0 Å². The van der Waals surface area contributed by atoms with Crippen molar-refractivity contribution in [3.63, 3.8) is 0 Å². The summed E-state index contributed by atoms with van der Waals surface area (Å²) in [6.07, 6.45) is 11.1. The van der Waals surface area contributed by atoms with Crippen LogP contribution in [0.5, 0.6) is 0 Å². The number of nitrogens with zero attached hydrogens (tertiary/aromatic N) is 2. The molecule has 0 spiro atoms. The molecule has 2 aromatic rings. The smallest absolute Gasteiger partial charge is 0.240 e. The number of aryl methyl sites for hydroxylation is 1. The largest absolute Gasteiger partial charge is 0.240 e. The Kier molecular flexibility index (Phi) is 5.65. The Labute approximate surface area is 173 Å². The Balaban J connectivity index is 1.46. The maximum absolute atomic E-state index is 12.8. The van der Waals surface area contributed by atoms with Gasteiger partial charge in [0.2, 0.25) is 10.0 Å². The van der Waals surface area contributed by atoms with Gasteiger partial charge in [-0.05, 0) is 55.9 Å². The fourth-order valence-electron chi connectivity index (χ4n) is 4.11. The summed E-state index contributed by atoms with van der Waals surface area (Å²) in [5, 5.41) is 0. The van der Waals surface area contributed by atoms with Gasteiger partial charge in [0, 0.05) is 18.0 Å². The normalized spacial score (nSPS) is 18.9. The second-order valence-electron chi connectivity index (χ2n) is 7.97. The molecule has 5 nitrogen and oxygen atoms in total. The first-order valence-electron chi connectivity index (χ1n) is 10.3. The molecule has 29 heavy (non-hydrogen) atoms. The lowest BCUT2D eigenvalue weighted by Gasteiger charge is -2.23. The molecule has 0 fully saturated rings. The maximum Gasteiger partial charge on any atom is 0.240 e. The average molecular weight is 410 g/mol. The number of nitrogens with one attached hydrogen (secondary N) is 1. The van der Waals surface area contributed by atoms with E-state index in [0.29, 0.717) is 11.3 Å². The molecule has 0 saturated heterocycles. The highest BCUT2D eigenvalue weighted by atomic mass is 32.2. The van der Waals surface area contributed by atoms with Crippen molar-refractivity contribution < 1.29 is 8.42 Å². The number of hydrogen-bond donors (Lipinski definition) is 1. The molecule has 1 atom stereocenters. The minimum Gasteiger partial charge on any atom is -0.240 e. The Morgan fingerprint density at radius 1 is 1.17 bits per heavy atom. The van der Waals surface area contributed by atoms with E-state index in [1.165, 1.54) is 16.7 Å². The molecule has 0 radical (unpaired) electrons. The van der Waals surface area contributed by atoms with Gasteiger partial charge in [0.1, 0.15) is 6.33 Å². The highest BCUT2D eigenvalue weighted by Crippen LogP contribution is 2.33. The molecule has 2 aliphatic carbocycles. The lowest BCUT2D eigenvalue weighted by atomic mass is 9.92. The Morgan fingerprint density at radius 2 is 1.97 bits per heavy atom. The lowest BCUT2D eigenvalue weighted by Crippen LogP contribution is -2.35. The Bertz CT molecular complexity index is 1070. The number of sulfonamides is 1. The molecule has 1 heterocycles. The van der Waals surface area contributed by atoms with Gasteiger partial charge in [-0.15, -0.1) is 0 Å². The second-order valence-corrected chi connectivity index (χ2v) is 9.68. The molecular formula is C23H27N3O2S. The molecule has 0 saturated carbocycles. The van der Waals surface area contributed by atoms with Crippen LogP contribution in [0.15, 0.2) is 47.1 Å². The summed E-state index contributed by atoms with van der Waals surface area (Å²) in [7, 11) is -3.50. The summed E-state index contributed by atoms with van der Waals surface area (Å²) in [6, 6.07) is 7.13. The van der Waals surface area contributed by atoms with E-state index in [1.807, 2.05) is 12.1 Å². The topological polar surface area (TPSA) is 72.0 Å².